The molecule has 0 radical (unpaired) electrons. The van der Waals surface area contributed by atoms with Gasteiger partial charge in [0.15, 0.2) is 11.6 Å². The zero-order valence-electron chi connectivity index (χ0n) is 31.7. The van der Waals surface area contributed by atoms with E-state index in [-0.39, 0.29) is 24.3 Å². The highest BCUT2D eigenvalue weighted by Gasteiger charge is 2.45. The number of rotatable bonds is 6. The third kappa shape index (κ3) is 5.88. The Morgan fingerprint density at radius 1 is 0.895 bits per heavy atom. The summed E-state index contributed by atoms with van der Waals surface area (Å²) in [5, 5.41) is 0.593. The number of anilines is 3. The summed E-state index contributed by atoms with van der Waals surface area (Å²) in [5.74, 6) is -1.57. The second-order valence-electron chi connectivity index (χ2n) is 16.6. The van der Waals surface area contributed by atoms with Gasteiger partial charge in [0, 0.05) is 85.8 Å². The van der Waals surface area contributed by atoms with Crippen LogP contribution in [0.3, 0.4) is 0 Å². The van der Waals surface area contributed by atoms with Gasteiger partial charge in [-0.1, -0.05) is 12.1 Å². The fraction of sp³-hybridized carbons (Fsp3) is 0.395. The normalized spacial score (nSPS) is 21.9. The lowest BCUT2D eigenvalue weighted by atomic mass is 9.85. The number of carbonyl (C=O) groups is 2. The summed E-state index contributed by atoms with van der Waals surface area (Å²) in [6.07, 6.45) is 6.82. The van der Waals surface area contributed by atoms with Crippen LogP contribution < -0.4 is 20.3 Å². The summed E-state index contributed by atoms with van der Waals surface area (Å²) in [6.45, 7) is 8.18. The van der Waals surface area contributed by atoms with Gasteiger partial charge in [0.25, 0.3) is 5.56 Å². The number of fused-ring (bicyclic) bond motifs is 7. The van der Waals surface area contributed by atoms with Crippen LogP contribution in [0.25, 0.3) is 16.6 Å². The van der Waals surface area contributed by atoms with Gasteiger partial charge in [-0.05, 0) is 109 Å². The average molecular weight is 836 g/mol. The zero-order chi connectivity index (χ0) is 39.3. The van der Waals surface area contributed by atoms with Gasteiger partial charge < -0.3 is 9.80 Å². The molecule has 7 heterocycles. The molecule has 0 spiro atoms. The quantitative estimate of drug-likeness (QED) is 0.172. The lowest BCUT2D eigenvalue weighted by Gasteiger charge is -2.36. The van der Waals surface area contributed by atoms with E-state index in [0.717, 1.165) is 58.7 Å². The lowest BCUT2D eigenvalue weighted by Crippen LogP contribution is -2.46. The van der Waals surface area contributed by atoms with Gasteiger partial charge in [0.1, 0.15) is 11.5 Å². The molecule has 292 valence electrons. The number of halogens is 3. The molecule has 4 saturated heterocycles. The number of imide groups is 1. The largest absolute Gasteiger partial charge is 0.366 e. The molecule has 5 aliphatic heterocycles. The van der Waals surface area contributed by atoms with Crippen LogP contribution in [0.1, 0.15) is 80.8 Å². The van der Waals surface area contributed by atoms with Crippen LogP contribution in [0.2, 0.25) is 0 Å². The van der Waals surface area contributed by atoms with Crippen molar-refractivity contribution in [2.24, 2.45) is 0 Å². The van der Waals surface area contributed by atoms with Crippen LogP contribution in [0.15, 0.2) is 70.2 Å². The Bertz CT molecular complexity index is 2520. The second-order valence-corrected chi connectivity index (χ2v) is 17.5. The molecule has 11 nitrogen and oxygen atoms in total. The van der Waals surface area contributed by atoms with E-state index in [1.807, 2.05) is 30.6 Å². The van der Waals surface area contributed by atoms with E-state index < -0.39 is 34.6 Å². The van der Waals surface area contributed by atoms with Gasteiger partial charge >= 0.3 is 0 Å². The van der Waals surface area contributed by atoms with Gasteiger partial charge in [-0.25, -0.2) is 23.6 Å². The fourth-order valence-corrected chi connectivity index (χ4v) is 10.5. The number of amides is 2. The molecule has 5 aromatic rings. The molecule has 5 aliphatic rings. The van der Waals surface area contributed by atoms with Crippen molar-refractivity contribution in [1.29, 1.82) is 0 Å². The first-order chi connectivity index (χ1) is 27.5. The third-order valence-corrected chi connectivity index (χ3v) is 13.5. The zero-order valence-corrected chi connectivity index (χ0v) is 33.3. The highest BCUT2D eigenvalue weighted by atomic mass is 79.9. The molecule has 3 aromatic carbocycles. The van der Waals surface area contributed by atoms with E-state index in [4.69, 9.17) is 9.97 Å². The Hall–Kier alpha value is -5.08. The van der Waals surface area contributed by atoms with Gasteiger partial charge in [-0.3, -0.25) is 23.9 Å². The molecular formula is C43H41BrF2N8O3. The van der Waals surface area contributed by atoms with Crippen molar-refractivity contribution >= 4 is 56.0 Å². The molecular weight excluding hydrogens is 794 g/mol. The van der Waals surface area contributed by atoms with Crippen LogP contribution in [0, 0.1) is 11.6 Å². The maximum absolute atomic E-state index is 15.2. The molecule has 4 fully saturated rings. The highest BCUT2D eigenvalue weighted by Crippen LogP contribution is 2.46. The maximum atomic E-state index is 15.2. The monoisotopic (exact) mass is 834 g/mol. The highest BCUT2D eigenvalue weighted by molar-refractivity contribution is 9.10. The van der Waals surface area contributed by atoms with Crippen LogP contribution in [0.5, 0.6) is 0 Å². The second kappa shape index (κ2) is 13.5. The number of hydrogen-bond donors (Lipinski definition) is 0. The van der Waals surface area contributed by atoms with Crippen LogP contribution >= 0.6 is 15.9 Å². The number of aromatic nitrogens is 4. The van der Waals surface area contributed by atoms with Crippen LogP contribution in [0.4, 0.5) is 26.1 Å². The first-order valence-corrected chi connectivity index (χ1v) is 20.5. The number of nitrogens with zero attached hydrogens (tertiary/aromatic N) is 8. The van der Waals surface area contributed by atoms with Crippen molar-refractivity contribution in [2.75, 3.05) is 40.9 Å². The number of hydrogen-bond acceptors (Lipinski definition) is 9. The van der Waals surface area contributed by atoms with Crippen molar-refractivity contribution in [3.8, 4) is 5.69 Å². The molecule has 0 saturated carbocycles. The van der Waals surface area contributed by atoms with Crippen molar-refractivity contribution < 1.29 is 18.4 Å². The third-order valence-electron chi connectivity index (χ3n) is 12.9. The minimum atomic E-state index is -0.882. The molecule has 0 N–H and O–H groups in total. The standard InChI is InChI=1S/C43H41BrF2N8O3/c1-43(2)30-10-9-27(18-35(30)53-34-6-3-5-31(44)38(34)40(57)49-41(43)53)52-23-28-17-29(52)22-51(28)21-24-19-47-42(48-20-24)50-13-11-25(12-14-50)26-15-32(45)39(33(46)16-26)54-36(55)7-4-8-37(54)56/h3,5-6,9-10,15-16,18-20,25,28-29H,4,7-8,11-14,17,21-23H2,1-2H3. The first-order valence-electron chi connectivity index (χ1n) is 19.7. The smallest absolute Gasteiger partial charge is 0.281 e. The summed E-state index contributed by atoms with van der Waals surface area (Å²) < 4.78 is 33.3. The SMILES string of the molecule is CC1(C)c2ccc(N3CC4CC3CN4Cc3cnc(N4CCC(c5cc(F)c(N6C(=O)CCCC6=O)c(F)c5)CC4)nc3)cc2-n2c1nc(=O)c1c(Br)cccc12. The first kappa shape index (κ1) is 36.3. The van der Waals surface area contributed by atoms with Crippen molar-refractivity contribution in [3.63, 3.8) is 0 Å². The summed E-state index contributed by atoms with van der Waals surface area (Å²) in [4.78, 5) is 59.7. The summed E-state index contributed by atoms with van der Waals surface area (Å²) in [7, 11) is 0. The van der Waals surface area contributed by atoms with Crippen molar-refractivity contribution in [1.82, 2.24) is 24.4 Å². The van der Waals surface area contributed by atoms with Gasteiger partial charge in [-0.15, -0.1) is 0 Å². The van der Waals surface area contributed by atoms with Crippen molar-refractivity contribution in [2.45, 2.75) is 82.3 Å². The van der Waals surface area contributed by atoms with E-state index in [2.05, 4.69) is 72.2 Å². The Kier molecular flexibility index (Phi) is 8.60. The molecule has 2 aromatic heterocycles. The van der Waals surface area contributed by atoms with Gasteiger partial charge in [0.2, 0.25) is 17.8 Å². The van der Waals surface area contributed by atoms with E-state index in [9.17, 15) is 14.4 Å². The Balaban J connectivity index is 0.782. The molecule has 2 amide bonds. The molecule has 2 unspecified atom stereocenters. The predicted molar refractivity (Wildman–Crippen MR) is 216 cm³/mol. The Morgan fingerprint density at radius 3 is 2.30 bits per heavy atom. The summed E-state index contributed by atoms with van der Waals surface area (Å²) >= 11 is 3.58. The van der Waals surface area contributed by atoms with Crippen LogP contribution in [-0.4, -0.2) is 74.5 Å². The van der Waals surface area contributed by atoms with E-state index in [1.165, 1.54) is 17.8 Å². The minimum absolute atomic E-state index is 0.0685. The molecule has 14 heteroatoms. The summed E-state index contributed by atoms with van der Waals surface area (Å²) in [6, 6.07) is 15.9. The molecule has 0 aliphatic carbocycles. The van der Waals surface area contributed by atoms with E-state index in [0.29, 0.717) is 66.2 Å². The Morgan fingerprint density at radius 2 is 1.61 bits per heavy atom. The maximum Gasteiger partial charge on any atom is 0.281 e. The Labute approximate surface area is 336 Å². The van der Waals surface area contributed by atoms with Crippen LogP contribution in [-0.2, 0) is 21.5 Å². The van der Waals surface area contributed by atoms with E-state index in [1.54, 1.807) is 0 Å². The van der Waals surface area contributed by atoms with E-state index >= 15 is 8.78 Å². The summed E-state index contributed by atoms with van der Waals surface area (Å²) in [5.41, 5.74) is 4.68. The minimum Gasteiger partial charge on any atom is -0.366 e. The number of piperidine rings is 2. The average Bonchev–Trinajstić information content (AvgIpc) is 3.86. The molecule has 2 bridgehead atoms. The predicted octanol–water partition coefficient (Wildman–Crippen LogP) is 6.75. The topological polar surface area (TPSA) is 108 Å². The molecule has 57 heavy (non-hydrogen) atoms. The van der Waals surface area contributed by atoms with Gasteiger partial charge in [-0.2, -0.15) is 4.98 Å². The van der Waals surface area contributed by atoms with Crippen molar-refractivity contribution in [3.05, 3.63) is 110 Å². The number of piperazine rings is 1. The number of benzene rings is 3. The molecule has 10 rings (SSSR count). The fourth-order valence-electron chi connectivity index (χ4n) is 9.96. The molecule has 2 atom stereocenters. The number of likely N-dealkylation sites (tertiary alicyclic amines) is 1. The lowest BCUT2D eigenvalue weighted by molar-refractivity contribution is -0.129. The number of carbonyl (C=O) groups excluding carboxylic acids is 2. The van der Waals surface area contributed by atoms with Gasteiger partial charge in [0.05, 0.1) is 22.0 Å².